The highest BCUT2D eigenvalue weighted by Crippen LogP contribution is 2.53. The monoisotopic (exact) mass is 631 g/mol. The molecule has 3 N–H and O–H groups in total. The molecule has 238 valence electrons. The van der Waals surface area contributed by atoms with Crippen LogP contribution in [-0.2, 0) is 34.5 Å². The maximum atomic E-state index is 13.7. The maximum absolute atomic E-state index is 13.7. The zero-order chi connectivity index (χ0) is 31.3. The Morgan fingerprint density at radius 3 is 2.31 bits per heavy atom. The number of ether oxygens (including phenoxy) is 1. The molecule has 0 bridgehead atoms. The zero-order valence-corrected chi connectivity index (χ0v) is 27.0. The molecule has 1 aromatic rings. The predicted octanol–water partition coefficient (Wildman–Crippen LogP) is 5.09. The van der Waals surface area contributed by atoms with Crippen molar-refractivity contribution in [2.75, 3.05) is 27.3 Å². The second kappa shape index (κ2) is 17.8. The van der Waals surface area contributed by atoms with Crippen molar-refractivity contribution in [3.63, 3.8) is 0 Å². The fourth-order valence-electron chi connectivity index (χ4n) is 4.94. The number of alkyl carbamates (subject to hydrolysis) is 1. The van der Waals surface area contributed by atoms with Gasteiger partial charge in [0.2, 0.25) is 11.8 Å². The van der Waals surface area contributed by atoms with E-state index in [-0.39, 0.29) is 44.5 Å². The number of nitrogens with one attached hydrogen (secondary N) is 2. The molecule has 2 unspecified atom stereocenters. The lowest BCUT2D eigenvalue weighted by Crippen LogP contribution is -2.53. The van der Waals surface area contributed by atoms with Gasteiger partial charge in [-0.15, -0.1) is 0 Å². The van der Waals surface area contributed by atoms with Crippen LogP contribution < -0.4 is 10.6 Å². The summed E-state index contributed by atoms with van der Waals surface area (Å²) in [5, 5.41) is 17.1. The van der Waals surface area contributed by atoms with E-state index in [0.717, 1.165) is 25.7 Å². The Labute approximate surface area is 254 Å². The van der Waals surface area contributed by atoms with E-state index in [1.807, 2.05) is 0 Å². The van der Waals surface area contributed by atoms with Gasteiger partial charge >= 0.3 is 13.7 Å². The number of hydrogen-bond acceptors (Lipinski definition) is 8. The molecule has 0 heterocycles. The van der Waals surface area contributed by atoms with Crippen LogP contribution in [0.2, 0.25) is 5.02 Å². The first-order chi connectivity index (χ1) is 19.9. The molecule has 2 rings (SSSR count). The van der Waals surface area contributed by atoms with E-state index in [4.69, 9.17) is 25.4 Å². The molecule has 0 radical (unpaired) electrons. The van der Waals surface area contributed by atoms with Crippen molar-refractivity contribution in [1.29, 1.82) is 0 Å². The van der Waals surface area contributed by atoms with Crippen LogP contribution in [0.1, 0.15) is 71.3 Å². The molecule has 13 heteroatoms. The standard InChI is InChI=1S/C29H47ClN3O8P/c1-6-40-42(38,41-7-2)28(36)24(15-16-26(34)33(4)5)31-27(35)25(18-21-13-11-20(3)12-14-21)32-29(37)39-19-22-9-8-10-23(30)17-22/h8-10,17,20-21,24-25,28,36H,6-7,11-16,18-19H2,1-5H3,(H,31,35)(H,32,37)/t20?,21?,24-,25?,28?/m0/s1. The summed E-state index contributed by atoms with van der Waals surface area (Å²) in [7, 11) is -0.872. The highest BCUT2D eigenvalue weighted by molar-refractivity contribution is 7.54. The third-order valence-electron chi connectivity index (χ3n) is 7.37. The Morgan fingerprint density at radius 1 is 1.10 bits per heavy atom. The second-order valence-electron chi connectivity index (χ2n) is 11.0. The molecular weight excluding hydrogens is 585 g/mol. The van der Waals surface area contributed by atoms with E-state index >= 15 is 0 Å². The Balaban J connectivity index is 2.24. The van der Waals surface area contributed by atoms with Crippen molar-refractivity contribution < 1.29 is 37.8 Å². The number of carbonyl (C=O) groups excluding carboxylic acids is 3. The van der Waals surface area contributed by atoms with Gasteiger partial charge in [0, 0.05) is 25.5 Å². The number of nitrogens with zero attached hydrogens (tertiary/aromatic N) is 1. The maximum Gasteiger partial charge on any atom is 0.408 e. The summed E-state index contributed by atoms with van der Waals surface area (Å²) in [5.74, 6) is -1.76. The quantitative estimate of drug-likeness (QED) is 0.214. The summed E-state index contributed by atoms with van der Waals surface area (Å²) in [4.78, 5) is 40.3. The molecule has 3 amide bonds. The molecule has 1 saturated carbocycles. The summed E-state index contributed by atoms with van der Waals surface area (Å²) in [6, 6.07) is 4.76. The van der Waals surface area contributed by atoms with Crippen LogP contribution in [-0.4, -0.2) is 73.2 Å². The van der Waals surface area contributed by atoms with E-state index in [9.17, 15) is 24.1 Å². The summed E-state index contributed by atoms with van der Waals surface area (Å²) < 4.78 is 29.4. The predicted molar refractivity (Wildman–Crippen MR) is 161 cm³/mol. The average Bonchev–Trinajstić information content (AvgIpc) is 2.94. The largest absolute Gasteiger partial charge is 0.445 e. The summed E-state index contributed by atoms with van der Waals surface area (Å²) in [6.07, 6.45) is 3.40. The molecule has 0 aliphatic heterocycles. The molecule has 3 atom stereocenters. The molecule has 1 aromatic carbocycles. The lowest BCUT2D eigenvalue weighted by molar-refractivity contribution is -0.130. The van der Waals surface area contributed by atoms with Crippen LogP contribution in [0.3, 0.4) is 0 Å². The van der Waals surface area contributed by atoms with Crippen molar-refractivity contribution in [3.8, 4) is 0 Å². The number of amides is 3. The SMILES string of the molecule is CCOP(=O)(OCC)C(O)[C@H](CCC(=O)N(C)C)NC(=O)C(CC1CCC(C)CC1)NC(=O)OCc1cccc(Cl)c1. The molecule has 11 nitrogen and oxygen atoms in total. The minimum absolute atomic E-state index is 0.00832. The molecule has 1 fully saturated rings. The van der Waals surface area contributed by atoms with Crippen molar-refractivity contribution in [2.45, 2.75) is 90.3 Å². The topological polar surface area (TPSA) is 144 Å². The molecule has 1 aliphatic rings. The van der Waals surface area contributed by atoms with Gasteiger partial charge in [0.1, 0.15) is 12.6 Å². The molecule has 0 spiro atoms. The third-order valence-corrected chi connectivity index (χ3v) is 9.85. The number of benzene rings is 1. The van der Waals surface area contributed by atoms with Crippen molar-refractivity contribution >= 4 is 37.1 Å². The molecule has 1 aliphatic carbocycles. The lowest BCUT2D eigenvalue weighted by atomic mass is 9.80. The van der Waals surface area contributed by atoms with Gasteiger partial charge < -0.3 is 34.4 Å². The fourth-order valence-corrected chi connectivity index (χ4v) is 6.92. The number of aliphatic hydroxyl groups excluding tert-OH is 1. The van der Waals surface area contributed by atoms with Crippen molar-refractivity contribution in [3.05, 3.63) is 34.9 Å². The van der Waals surface area contributed by atoms with Gasteiger partial charge in [-0.1, -0.05) is 56.3 Å². The lowest BCUT2D eigenvalue weighted by Gasteiger charge is -2.32. The fraction of sp³-hybridized carbons (Fsp3) is 0.690. The number of hydrogen-bond donors (Lipinski definition) is 3. The Hall–Kier alpha value is -2.17. The number of halogens is 1. The second-order valence-corrected chi connectivity index (χ2v) is 13.6. The number of rotatable bonds is 16. The van der Waals surface area contributed by atoms with Crippen LogP contribution in [0.15, 0.2) is 24.3 Å². The van der Waals surface area contributed by atoms with Gasteiger partial charge in [-0.2, -0.15) is 0 Å². The first kappa shape index (κ1) is 36.0. The Kier molecular flexibility index (Phi) is 15.3. The first-order valence-electron chi connectivity index (χ1n) is 14.6. The minimum Gasteiger partial charge on any atom is -0.445 e. The number of aliphatic hydroxyl groups is 1. The van der Waals surface area contributed by atoms with Crippen molar-refractivity contribution in [1.82, 2.24) is 15.5 Å². The van der Waals surface area contributed by atoms with Gasteiger partial charge in [-0.3, -0.25) is 14.2 Å². The third kappa shape index (κ3) is 11.8. The average molecular weight is 632 g/mol. The summed E-state index contributed by atoms with van der Waals surface area (Å²) in [5.41, 5.74) is 0.691. The zero-order valence-electron chi connectivity index (χ0n) is 25.3. The van der Waals surface area contributed by atoms with Gasteiger partial charge in [0.25, 0.3) is 0 Å². The highest BCUT2D eigenvalue weighted by atomic mass is 35.5. The number of carbonyl (C=O) groups is 3. The molecule has 42 heavy (non-hydrogen) atoms. The van der Waals surface area contributed by atoms with E-state index in [1.165, 1.54) is 4.90 Å². The van der Waals surface area contributed by atoms with Gasteiger partial charge in [-0.25, -0.2) is 4.79 Å². The van der Waals surface area contributed by atoms with E-state index < -0.39 is 37.5 Å². The Bertz CT molecular complexity index is 1060. The van der Waals surface area contributed by atoms with Crippen LogP contribution in [0, 0.1) is 11.8 Å². The first-order valence-corrected chi connectivity index (χ1v) is 16.6. The van der Waals surface area contributed by atoms with Gasteiger partial charge in [-0.05, 0) is 56.2 Å². The highest BCUT2D eigenvalue weighted by Gasteiger charge is 2.42. The Morgan fingerprint density at radius 2 is 1.74 bits per heavy atom. The summed E-state index contributed by atoms with van der Waals surface area (Å²) >= 11 is 6.02. The minimum atomic E-state index is -4.06. The smallest absolute Gasteiger partial charge is 0.408 e. The van der Waals surface area contributed by atoms with Crippen LogP contribution in [0.25, 0.3) is 0 Å². The normalized spacial score (nSPS) is 19.3. The van der Waals surface area contributed by atoms with E-state index in [0.29, 0.717) is 22.9 Å². The molecule has 0 saturated heterocycles. The van der Waals surface area contributed by atoms with E-state index in [1.54, 1.807) is 52.2 Å². The summed E-state index contributed by atoms with van der Waals surface area (Å²) in [6.45, 7) is 5.40. The van der Waals surface area contributed by atoms with Crippen LogP contribution in [0.5, 0.6) is 0 Å². The van der Waals surface area contributed by atoms with Gasteiger partial charge in [0.15, 0.2) is 5.85 Å². The van der Waals surface area contributed by atoms with Gasteiger partial charge in [0.05, 0.1) is 19.3 Å². The van der Waals surface area contributed by atoms with E-state index in [2.05, 4.69) is 17.6 Å². The van der Waals surface area contributed by atoms with Crippen molar-refractivity contribution in [2.24, 2.45) is 11.8 Å². The molecule has 0 aromatic heterocycles. The van der Waals surface area contributed by atoms with Crippen LogP contribution >= 0.6 is 19.2 Å². The van der Waals surface area contributed by atoms with Crippen LogP contribution in [0.4, 0.5) is 4.79 Å². The molecular formula is C29H47ClN3O8P.